The van der Waals surface area contributed by atoms with Crippen LogP contribution in [0.25, 0.3) is 0 Å². The molecular formula is C9H13N3O2. The number of aliphatic carboxylic acids is 1. The highest BCUT2D eigenvalue weighted by molar-refractivity contribution is 5.77. The van der Waals surface area contributed by atoms with E-state index in [2.05, 4.69) is 4.98 Å². The number of hydrogen-bond acceptors (Lipinski definition) is 4. The van der Waals surface area contributed by atoms with Crippen LogP contribution in [-0.2, 0) is 4.79 Å². The number of nitrogens with zero attached hydrogens (tertiary/aromatic N) is 1. The lowest BCUT2D eigenvalue weighted by Crippen LogP contribution is -2.23. The molecule has 0 saturated carbocycles. The van der Waals surface area contributed by atoms with Gasteiger partial charge in [0.25, 0.3) is 0 Å². The van der Waals surface area contributed by atoms with Gasteiger partial charge in [-0.25, -0.2) is 4.98 Å². The van der Waals surface area contributed by atoms with Crippen LogP contribution in [-0.4, -0.2) is 16.1 Å². The summed E-state index contributed by atoms with van der Waals surface area (Å²) in [4.78, 5) is 14.7. The van der Waals surface area contributed by atoms with Crippen molar-refractivity contribution in [2.24, 2.45) is 5.73 Å². The minimum atomic E-state index is -1.11. The molecule has 1 aromatic heterocycles. The Hall–Kier alpha value is -1.62. The van der Waals surface area contributed by atoms with Crippen molar-refractivity contribution in [2.45, 2.75) is 19.9 Å². The fourth-order valence-corrected chi connectivity index (χ4v) is 1.40. The number of carboxylic acids is 1. The van der Waals surface area contributed by atoms with E-state index in [4.69, 9.17) is 16.6 Å². The molecule has 1 heterocycles. The molecule has 14 heavy (non-hydrogen) atoms. The number of carboxylic acid groups (broad SMARTS) is 1. The molecule has 0 saturated heterocycles. The molecule has 0 aliphatic carbocycles. The van der Waals surface area contributed by atoms with Gasteiger partial charge >= 0.3 is 5.97 Å². The summed E-state index contributed by atoms with van der Waals surface area (Å²) < 4.78 is 0. The van der Waals surface area contributed by atoms with Crippen LogP contribution in [0.15, 0.2) is 6.07 Å². The number of hydrogen-bond donors (Lipinski definition) is 3. The molecule has 1 atom stereocenters. The molecule has 0 bridgehead atoms. The summed E-state index contributed by atoms with van der Waals surface area (Å²) in [7, 11) is 0. The quantitative estimate of drug-likeness (QED) is 0.632. The predicted octanol–water partition coefficient (Wildman–Crippen LogP) is 0.365. The fraction of sp³-hybridized carbons (Fsp3) is 0.333. The first kappa shape index (κ1) is 10.5. The molecule has 5 nitrogen and oxygen atoms in total. The van der Waals surface area contributed by atoms with Gasteiger partial charge in [-0.1, -0.05) is 0 Å². The summed E-state index contributed by atoms with van der Waals surface area (Å²) in [6.07, 6.45) is 0. The Morgan fingerprint density at radius 1 is 1.57 bits per heavy atom. The molecule has 5 heteroatoms. The van der Waals surface area contributed by atoms with Crippen LogP contribution >= 0.6 is 0 Å². The Bertz CT molecular complexity index is 353. The second kappa shape index (κ2) is 3.63. The molecule has 0 aromatic carbocycles. The molecule has 1 unspecified atom stereocenters. The van der Waals surface area contributed by atoms with E-state index in [-0.39, 0.29) is 5.82 Å². The van der Waals surface area contributed by atoms with Crippen LogP contribution in [0.4, 0.5) is 5.82 Å². The van der Waals surface area contributed by atoms with E-state index in [1.54, 1.807) is 19.9 Å². The topological polar surface area (TPSA) is 102 Å². The number of nitrogen functional groups attached to an aromatic ring is 1. The average Bonchev–Trinajstić information content (AvgIpc) is 2.01. The maximum absolute atomic E-state index is 10.7. The van der Waals surface area contributed by atoms with E-state index in [1.807, 2.05) is 0 Å². The summed E-state index contributed by atoms with van der Waals surface area (Å²) >= 11 is 0. The zero-order valence-electron chi connectivity index (χ0n) is 8.11. The van der Waals surface area contributed by atoms with Gasteiger partial charge in [0.05, 0.1) is 0 Å². The third-order valence-corrected chi connectivity index (χ3v) is 2.00. The van der Waals surface area contributed by atoms with Gasteiger partial charge in [-0.2, -0.15) is 0 Å². The lowest BCUT2D eigenvalue weighted by atomic mass is 10.0. The van der Waals surface area contributed by atoms with Gasteiger partial charge in [0, 0.05) is 11.3 Å². The highest BCUT2D eigenvalue weighted by atomic mass is 16.4. The second-order valence-electron chi connectivity index (χ2n) is 3.20. The Morgan fingerprint density at radius 2 is 2.14 bits per heavy atom. The number of rotatable bonds is 2. The van der Waals surface area contributed by atoms with E-state index in [0.29, 0.717) is 5.56 Å². The summed E-state index contributed by atoms with van der Waals surface area (Å²) in [6, 6.07) is 0.650. The van der Waals surface area contributed by atoms with Crippen molar-refractivity contribution in [3.05, 3.63) is 22.9 Å². The summed E-state index contributed by atoms with van der Waals surface area (Å²) in [5.74, 6) is -0.914. The van der Waals surface area contributed by atoms with Crippen molar-refractivity contribution in [1.82, 2.24) is 4.98 Å². The Labute approximate surface area is 81.7 Å². The van der Waals surface area contributed by atoms with Gasteiger partial charge in [-0.05, 0) is 25.5 Å². The van der Waals surface area contributed by atoms with Crippen LogP contribution in [0.5, 0.6) is 0 Å². The van der Waals surface area contributed by atoms with Crippen molar-refractivity contribution in [2.75, 3.05) is 5.73 Å². The number of anilines is 1. The van der Waals surface area contributed by atoms with Crippen molar-refractivity contribution in [1.29, 1.82) is 0 Å². The maximum Gasteiger partial charge on any atom is 0.325 e. The van der Waals surface area contributed by atoms with Crippen molar-refractivity contribution >= 4 is 11.8 Å². The number of carbonyl (C=O) groups is 1. The van der Waals surface area contributed by atoms with Crippen LogP contribution in [0, 0.1) is 13.8 Å². The molecule has 0 spiro atoms. The fourth-order valence-electron chi connectivity index (χ4n) is 1.40. The molecule has 0 radical (unpaired) electrons. The largest absolute Gasteiger partial charge is 0.480 e. The summed E-state index contributed by atoms with van der Waals surface area (Å²) in [5.41, 5.74) is 13.0. The van der Waals surface area contributed by atoms with Gasteiger partial charge in [-0.3, -0.25) is 4.79 Å². The lowest BCUT2D eigenvalue weighted by molar-refractivity contribution is -0.138. The molecule has 0 amide bonds. The average molecular weight is 195 g/mol. The van der Waals surface area contributed by atoms with Crippen molar-refractivity contribution in [3.8, 4) is 0 Å². The van der Waals surface area contributed by atoms with E-state index in [0.717, 1.165) is 11.3 Å². The number of aryl methyl sites for hydroxylation is 2. The van der Waals surface area contributed by atoms with Crippen molar-refractivity contribution in [3.63, 3.8) is 0 Å². The highest BCUT2D eigenvalue weighted by Crippen LogP contribution is 2.21. The minimum absolute atomic E-state index is 0.192. The van der Waals surface area contributed by atoms with Gasteiger partial charge in [-0.15, -0.1) is 0 Å². The first-order valence-electron chi connectivity index (χ1n) is 4.15. The Balaban J connectivity index is 3.27. The van der Waals surface area contributed by atoms with Gasteiger partial charge in [0.2, 0.25) is 0 Å². The van der Waals surface area contributed by atoms with Crippen molar-refractivity contribution < 1.29 is 9.90 Å². The molecule has 0 aliphatic rings. The molecule has 76 valence electrons. The first-order chi connectivity index (χ1) is 6.43. The number of aromatic nitrogens is 1. The third-order valence-electron chi connectivity index (χ3n) is 2.00. The number of nitrogens with two attached hydrogens (primary N) is 2. The summed E-state index contributed by atoms with van der Waals surface area (Å²) in [5, 5.41) is 8.75. The smallest absolute Gasteiger partial charge is 0.325 e. The predicted molar refractivity (Wildman–Crippen MR) is 52.7 cm³/mol. The van der Waals surface area contributed by atoms with Crippen LogP contribution < -0.4 is 11.5 Å². The molecule has 1 rings (SSSR count). The molecule has 5 N–H and O–H groups in total. The zero-order chi connectivity index (χ0) is 10.9. The third kappa shape index (κ3) is 1.82. The van der Waals surface area contributed by atoms with Crippen LogP contribution in [0.1, 0.15) is 22.9 Å². The second-order valence-corrected chi connectivity index (χ2v) is 3.20. The minimum Gasteiger partial charge on any atom is -0.480 e. The normalized spacial score (nSPS) is 12.5. The van der Waals surface area contributed by atoms with E-state index in [1.165, 1.54) is 0 Å². The van der Waals surface area contributed by atoms with E-state index >= 15 is 0 Å². The summed E-state index contributed by atoms with van der Waals surface area (Å²) in [6.45, 7) is 3.56. The molecule has 1 aromatic rings. The first-order valence-corrected chi connectivity index (χ1v) is 4.15. The van der Waals surface area contributed by atoms with Gasteiger partial charge < -0.3 is 16.6 Å². The Morgan fingerprint density at radius 3 is 2.57 bits per heavy atom. The number of pyridine rings is 1. The highest BCUT2D eigenvalue weighted by Gasteiger charge is 2.20. The van der Waals surface area contributed by atoms with Crippen LogP contribution in [0.2, 0.25) is 0 Å². The monoisotopic (exact) mass is 195 g/mol. The molecular weight excluding hydrogens is 182 g/mol. The van der Waals surface area contributed by atoms with E-state index in [9.17, 15) is 4.79 Å². The van der Waals surface area contributed by atoms with Crippen LogP contribution in [0.3, 0.4) is 0 Å². The van der Waals surface area contributed by atoms with Gasteiger partial charge in [0.15, 0.2) is 0 Å². The SMILES string of the molecule is Cc1cc(C)c(C(N)C(=O)O)c(N)n1. The van der Waals surface area contributed by atoms with Gasteiger partial charge in [0.1, 0.15) is 11.9 Å². The zero-order valence-corrected chi connectivity index (χ0v) is 8.11. The maximum atomic E-state index is 10.7. The lowest BCUT2D eigenvalue weighted by Gasteiger charge is -2.13. The van der Waals surface area contributed by atoms with E-state index < -0.39 is 12.0 Å². The Kier molecular flexibility index (Phi) is 2.71. The molecule has 0 fully saturated rings. The standard InChI is InChI=1S/C9H13N3O2/c1-4-3-5(2)12-8(11)6(4)7(10)9(13)14/h3,7H,10H2,1-2H3,(H2,11,12)(H,13,14). The molecule has 0 aliphatic heterocycles.